The van der Waals surface area contributed by atoms with Gasteiger partial charge in [0.05, 0.1) is 11.8 Å². The predicted molar refractivity (Wildman–Crippen MR) is 123 cm³/mol. The molecule has 0 aliphatic heterocycles. The van der Waals surface area contributed by atoms with Gasteiger partial charge in [-0.1, -0.05) is 36.4 Å². The number of benzene rings is 2. The van der Waals surface area contributed by atoms with E-state index in [9.17, 15) is 4.79 Å². The van der Waals surface area contributed by atoms with E-state index in [1.807, 2.05) is 19.2 Å². The monoisotopic (exact) mass is 400 g/mol. The van der Waals surface area contributed by atoms with Crippen molar-refractivity contribution in [3.8, 4) is 11.1 Å². The molecule has 0 radical (unpaired) electrons. The zero-order valence-corrected chi connectivity index (χ0v) is 17.3. The minimum atomic E-state index is 0.0621. The van der Waals surface area contributed by atoms with Crippen LogP contribution in [-0.4, -0.2) is 29.2 Å². The molecule has 1 heterocycles. The summed E-state index contributed by atoms with van der Waals surface area (Å²) in [7, 11) is 0. The molecule has 1 saturated carbocycles. The van der Waals surface area contributed by atoms with Gasteiger partial charge in [-0.2, -0.15) is 0 Å². The number of hydrogen-bond acceptors (Lipinski definition) is 3. The largest absolute Gasteiger partial charge is 0.405 e. The zero-order chi connectivity index (χ0) is 20.9. The first kappa shape index (κ1) is 20.0. The molecule has 4 N–H and O–H groups in total. The Morgan fingerprint density at radius 3 is 2.73 bits per heavy atom. The molecule has 1 amide bonds. The molecular weight excluding hydrogens is 372 g/mol. The van der Waals surface area contributed by atoms with Crippen molar-refractivity contribution in [1.29, 1.82) is 0 Å². The summed E-state index contributed by atoms with van der Waals surface area (Å²) in [5, 5.41) is 4.13. The number of carbonyl (C=O) groups excluding carboxylic acids is 1. The summed E-state index contributed by atoms with van der Waals surface area (Å²) < 4.78 is 0. The second kappa shape index (κ2) is 8.99. The number of H-pyrrole nitrogens is 1. The highest BCUT2D eigenvalue weighted by molar-refractivity contribution is 6.09. The molecule has 5 nitrogen and oxygen atoms in total. The minimum Gasteiger partial charge on any atom is -0.405 e. The van der Waals surface area contributed by atoms with E-state index in [-0.39, 0.29) is 17.9 Å². The smallest absolute Gasteiger partial charge is 0.223 e. The molecule has 2 aromatic carbocycles. The van der Waals surface area contributed by atoms with Crippen LogP contribution >= 0.6 is 0 Å². The molecule has 3 aromatic rings. The molecule has 1 aromatic heterocycles. The van der Waals surface area contributed by atoms with Crippen molar-refractivity contribution >= 4 is 22.5 Å². The number of amides is 1. The molecule has 0 spiro atoms. The summed E-state index contributed by atoms with van der Waals surface area (Å²) in [6, 6.07) is 17.1. The average molecular weight is 401 g/mol. The lowest BCUT2D eigenvalue weighted by molar-refractivity contribution is -0.124. The van der Waals surface area contributed by atoms with Gasteiger partial charge in [0.1, 0.15) is 0 Å². The standard InChI is InChI=1S/C25H28N4O/c1-2-27-25(30)21-9-10-22(15-21)29-23(11-13-26)18-5-3-17(4-6-18)20-8-7-19-12-14-28-24(19)16-20/h3-8,11-14,16,21-22,28H,2,9-10,15,26H2,1H3,(H,27,30)/t21-,22?/m0/s1. The molecule has 1 aliphatic rings. The summed E-state index contributed by atoms with van der Waals surface area (Å²) in [5.41, 5.74) is 11.0. The molecular formula is C25H28N4O. The van der Waals surface area contributed by atoms with E-state index in [1.54, 1.807) is 0 Å². The van der Waals surface area contributed by atoms with Crippen LogP contribution in [0.15, 0.2) is 72.0 Å². The van der Waals surface area contributed by atoms with Gasteiger partial charge in [-0.3, -0.25) is 9.79 Å². The summed E-state index contributed by atoms with van der Waals surface area (Å²) >= 11 is 0. The van der Waals surface area contributed by atoms with E-state index in [2.05, 4.69) is 58.8 Å². The number of aromatic nitrogens is 1. The molecule has 5 heteroatoms. The van der Waals surface area contributed by atoms with E-state index < -0.39 is 0 Å². The van der Waals surface area contributed by atoms with Crippen molar-refractivity contribution in [3.05, 3.63) is 72.6 Å². The average Bonchev–Trinajstić information content (AvgIpc) is 3.43. The minimum absolute atomic E-state index is 0.0621. The highest BCUT2D eigenvalue weighted by Crippen LogP contribution is 2.29. The van der Waals surface area contributed by atoms with Crippen LogP contribution in [0.5, 0.6) is 0 Å². The number of fused-ring (bicyclic) bond motifs is 1. The fraction of sp³-hybridized carbons (Fsp3) is 0.280. The molecule has 1 fully saturated rings. The number of nitrogens with two attached hydrogens (primary N) is 1. The Morgan fingerprint density at radius 2 is 1.97 bits per heavy atom. The number of allylic oxidation sites excluding steroid dienone is 1. The fourth-order valence-corrected chi connectivity index (χ4v) is 4.19. The molecule has 0 saturated heterocycles. The Morgan fingerprint density at radius 1 is 1.17 bits per heavy atom. The quantitative estimate of drug-likeness (QED) is 0.536. The number of aromatic amines is 1. The lowest BCUT2D eigenvalue weighted by Crippen LogP contribution is -2.29. The first-order valence-corrected chi connectivity index (χ1v) is 10.6. The molecule has 4 rings (SSSR count). The Balaban J connectivity index is 1.53. The zero-order valence-electron chi connectivity index (χ0n) is 17.3. The van der Waals surface area contributed by atoms with Crippen molar-refractivity contribution in [3.63, 3.8) is 0 Å². The number of rotatable bonds is 6. The van der Waals surface area contributed by atoms with Crippen molar-refractivity contribution < 1.29 is 4.79 Å². The summed E-state index contributed by atoms with van der Waals surface area (Å²) in [6.07, 6.45) is 7.94. The summed E-state index contributed by atoms with van der Waals surface area (Å²) in [6.45, 7) is 2.63. The van der Waals surface area contributed by atoms with Crippen LogP contribution in [0.1, 0.15) is 31.7 Å². The maximum absolute atomic E-state index is 12.1. The number of nitrogens with zero attached hydrogens (tertiary/aromatic N) is 1. The van der Waals surface area contributed by atoms with Gasteiger partial charge in [-0.25, -0.2) is 0 Å². The number of carbonyl (C=O) groups is 1. The maximum atomic E-state index is 12.1. The van der Waals surface area contributed by atoms with Crippen LogP contribution in [0.2, 0.25) is 0 Å². The molecule has 1 unspecified atom stereocenters. The third-order valence-corrected chi connectivity index (χ3v) is 5.77. The normalized spacial score (nSPS) is 19.6. The van der Waals surface area contributed by atoms with Gasteiger partial charge in [0.2, 0.25) is 5.91 Å². The van der Waals surface area contributed by atoms with Crippen LogP contribution in [0.4, 0.5) is 0 Å². The van der Waals surface area contributed by atoms with Gasteiger partial charge in [0.25, 0.3) is 0 Å². The van der Waals surface area contributed by atoms with Gasteiger partial charge < -0.3 is 16.0 Å². The number of aliphatic imine (C=N–C) groups is 1. The van der Waals surface area contributed by atoms with Crippen LogP contribution < -0.4 is 11.1 Å². The molecule has 0 bridgehead atoms. The molecule has 30 heavy (non-hydrogen) atoms. The van der Waals surface area contributed by atoms with Gasteiger partial charge >= 0.3 is 0 Å². The Labute approximate surface area is 177 Å². The van der Waals surface area contributed by atoms with Crippen molar-refractivity contribution in [2.75, 3.05) is 6.54 Å². The second-order valence-electron chi connectivity index (χ2n) is 7.79. The van der Waals surface area contributed by atoms with Crippen LogP contribution in [0.25, 0.3) is 22.0 Å². The summed E-state index contributed by atoms with van der Waals surface area (Å²) in [4.78, 5) is 20.3. The van der Waals surface area contributed by atoms with Crippen molar-refractivity contribution in [2.45, 2.75) is 32.2 Å². The van der Waals surface area contributed by atoms with Gasteiger partial charge in [0.15, 0.2) is 0 Å². The highest BCUT2D eigenvalue weighted by Gasteiger charge is 2.29. The lowest BCUT2D eigenvalue weighted by atomic mass is 10.0. The van der Waals surface area contributed by atoms with Crippen molar-refractivity contribution in [1.82, 2.24) is 10.3 Å². The maximum Gasteiger partial charge on any atom is 0.223 e. The third kappa shape index (κ3) is 4.30. The summed E-state index contributed by atoms with van der Waals surface area (Å²) in [5.74, 6) is 0.210. The first-order valence-electron chi connectivity index (χ1n) is 10.6. The SMILES string of the molecule is CCNC(=O)[C@H]1CCC(N=C(C=CN)c2ccc(-c3ccc4cc[nH]c4c3)cc2)C1. The first-order chi connectivity index (χ1) is 14.7. The van der Waals surface area contributed by atoms with E-state index >= 15 is 0 Å². The third-order valence-electron chi connectivity index (χ3n) is 5.77. The van der Waals surface area contributed by atoms with E-state index in [0.29, 0.717) is 6.54 Å². The Hall–Kier alpha value is -3.34. The van der Waals surface area contributed by atoms with Crippen LogP contribution in [-0.2, 0) is 4.79 Å². The topological polar surface area (TPSA) is 83.3 Å². The second-order valence-corrected chi connectivity index (χ2v) is 7.79. The fourth-order valence-electron chi connectivity index (χ4n) is 4.19. The number of hydrogen-bond donors (Lipinski definition) is 3. The van der Waals surface area contributed by atoms with Crippen molar-refractivity contribution in [2.24, 2.45) is 16.6 Å². The Kier molecular flexibility index (Phi) is 5.98. The predicted octanol–water partition coefficient (Wildman–Crippen LogP) is 4.40. The highest BCUT2D eigenvalue weighted by atomic mass is 16.1. The molecule has 154 valence electrons. The molecule has 1 aliphatic carbocycles. The lowest BCUT2D eigenvalue weighted by Gasteiger charge is -2.10. The van der Waals surface area contributed by atoms with Crippen LogP contribution in [0.3, 0.4) is 0 Å². The molecule has 2 atom stereocenters. The van der Waals surface area contributed by atoms with E-state index in [0.717, 1.165) is 41.6 Å². The van der Waals surface area contributed by atoms with Gasteiger partial charge in [0, 0.05) is 24.2 Å². The number of nitrogens with one attached hydrogen (secondary N) is 2. The van der Waals surface area contributed by atoms with Crippen LogP contribution in [0, 0.1) is 5.92 Å². The van der Waals surface area contributed by atoms with Gasteiger partial charge in [-0.15, -0.1) is 0 Å². The van der Waals surface area contributed by atoms with Gasteiger partial charge in [-0.05, 0) is 72.7 Å². The Bertz CT molecular complexity index is 1080. The van der Waals surface area contributed by atoms with E-state index in [4.69, 9.17) is 10.7 Å². The van der Waals surface area contributed by atoms with E-state index in [1.165, 1.54) is 17.1 Å².